The van der Waals surface area contributed by atoms with E-state index in [4.69, 9.17) is 14.2 Å². The van der Waals surface area contributed by atoms with Gasteiger partial charge >= 0.3 is 6.09 Å². The first-order valence-corrected chi connectivity index (χ1v) is 12.1. The minimum Gasteiger partial charge on any atom is -0.444 e. The number of aryl methyl sites for hydroxylation is 1. The zero-order valence-electron chi connectivity index (χ0n) is 20.7. The maximum absolute atomic E-state index is 12.9. The van der Waals surface area contributed by atoms with Gasteiger partial charge in [-0.25, -0.2) is 4.79 Å². The lowest BCUT2D eigenvalue weighted by molar-refractivity contribution is -0.126. The van der Waals surface area contributed by atoms with Crippen molar-refractivity contribution in [3.05, 3.63) is 34.9 Å². The molecule has 0 radical (unpaired) electrons. The molecule has 192 valence electrons. The average Bonchev–Trinajstić information content (AvgIpc) is 3.04. The SMILES string of the molecule is CC(C)(C)OC(=O)NCCOCCOCCCc1ccc2c(c1)C(=O)N(C1CCCNC1=O)C2=O. The van der Waals surface area contributed by atoms with E-state index < -0.39 is 29.6 Å². The first-order valence-electron chi connectivity index (χ1n) is 12.1. The molecule has 1 unspecified atom stereocenters. The van der Waals surface area contributed by atoms with Crippen LogP contribution in [0.1, 0.15) is 66.3 Å². The predicted octanol–water partition coefficient (Wildman–Crippen LogP) is 2.05. The molecule has 2 aliphatic heterocycles. The quantitative estimate of drug-likeness (QED) is 0.360. The van der Waals surface area contributed by atoms with Gasteiger partial charge in [0.05, 0.1) is 30.9 Å². The number of fused-ring (bicyclic) bond motifs is 1. The van der Waals surface area contributed by atoms with Gasteiger partial charge in [0.15, 0.2) is 0 Å². The first kappa shape index (κ1) is 26.6. The number of ether oxygens (including phenoxy) is 3. The molecule has 1 aromatic carbocycles. The molecule has 2 heterocycles. The third-order valence-electron chi connectivity index (χ3n) is 5.59. The van der Waals surface area contributed by atoms with Crippen LogP contribution in [0.2, 0.25) is 0 Å². The standard InChI is InChI=1S/C25H35N3O7/c1-25(2,3)35-24(32)27-11-13-34-15-14-33-12-5-6-17-8-9-18-19(16-17)23(31)28(22(18)30)20-7-4-10-26-21(20)29/h8-9,16,20H,4-7,10-15H2,1-3H3,(H,26,29)(H,27,32). The number of benzene rings is 1. The Kier molecular flexibility index (Phi) is 9.22. The molecule has 0 aromatic heterocycles. The summed E-state index contributed by atoms with van der Waals surface area (Å²) in [5, 5.41) is 5.35. The first-order chi connectivity index (χ1) is 16.7. The molecule has 35 heavy (non-hydrogen) atoms. The van der Waals surface area contributed by atoms with E-state index in [1.165, 1.54) is 0 Å². The van der Waals surface area contributed by atoms with Gasteiger partial charge in [-0.05, 0) is 64.2 Å². The van der Waals surface area contributed by atoms with Gasteiger partial charge in [0.25, 0.3) is 11.8 Å². The minimum absolute atomic E-state index is 0.272. The van der Waals surface area contributed by atoms with Crippen LogP contribution in [0.5, 0.6) is 0 Å². The summed E-state index contributed by atoms with van der Waals surface area (Å²) >= 11 is 0. The number of hydrogen-bond donors (Lipinski definition) is 2. The summed E-state index contributed by atoms with van der Waals surface area (Å²) in [5.41, 5.74) is 1.12. The van der Waals surface area contributed by atoms with Crippen molar-refractivity contribution >= 4 is 23.8 Å². The van der Waals surface area contributed by atoms with Crippen molar-refractivity contribution in [2.45, 2.75) is 58.1 Å². The van der Waals surface area contributed by atoms with Gasteiger partial charge in [-0.15, -0.1) is 0 Å². The Hall–Kier alpha value is -2.98. The predicted molar refractivity (Wildman–Crippen MR) is 127 cm³/mol. The summed E-state index contributed by atoms with van der Waals surface area (Å²) in [6, 6.07) is 4.53. The summed E-state index contributed by atoms with van der Waals surface area (Å²) in [6.45, 7) is 8.08. The van der Waals surface area contributed by atoms with Crippen molar-refractivity contribution < 1.29 is 33.4 Å². The third kappa shape index (κ3) is 7.50. The number of hydrogen-bond acceptors (Lipinski definition) is 7. The van der Waals surface area contributed by atoms with Gasteiger partial charge < -0.3 is 24.8 Å². The zero-order valence-corrected chi connectivity index (χ0v) is 20.7. The van der Waals surface area contributed by atoms with Crippen LogP contribution in [-0.4, -0.2) is 79.9 Å². The van der Waals surface area contributed by atoms with Gasteiger partial charge in [-0.2, -0.15) is 0 Å². The molecule has 3 rings (SSSR count). The van der Waals surface area contributed by atoms with Crippen LogP contribution in [0.25, 0.3) is 0 Å². The molecule has 4 amide bonds. The van der Waals surface area contributed by atoms with E-state index in [0.717, 1.165) is 23.3 Å². The highest BCUT2D eigenvalue weighted by atomic mass is 16.6. The van der Waals surface area contributed by atoms with E-state index >= 15 is 0 Å². The Bertz CT molecular complexity index is 941. The van der Waals surface area contributed by atoms with E-state index in [1.807, 2.05) is 6.07 Å². The number of carbonyl (C=O) groups is 4. The van der Waals surface area contributed by atoms with Gasteiger partial charge in [0, 0.05) is 19.7 Å². The Morgan fingerprint density at radius 1 is 1.06 bits per heavy atom. The van der Waals surface area contributed by atoms with E-state index in [9.17, 15) is 19.2 Å². The monoisotopic (exact) mass is 489 g/mol. The molecule has 2 aliphatic rings. The van der Waals surface area contributed by atoms with Crippen molar-refractivity contribution in [2.75, 3.05) is 39.5 Å². The van der Waals surface area contributed by atoms with Crippen LogP contribution < -0.4 is 10.6 Å². The molecule has 0 bridgehead atoms. The second kappa shape index (κ2) is 12.1. The van der Waals surface area contributed by atoms with Crippen LogP contribution in [0.15, 0.2) is 18.2 Å². The van der Waals surface area contributed by atoms with Crippen molar-refractivity contribution in [1.29, 1.82) is 0 Å². The smallest absolute Gasteiger partial charge is 0.407 e. The molecule has 0 aliphatic carbocycles. The van der Waals surface area contributed by atoms with E-state index in [0.29, 0.717) is 63.5 Å². The molecule has 0 spiro atoms. The van der Waals surface area contributed by atoms with Crippen LogP contribution in [0.4, 0.5) is 4.79 Å². The second-order valence-electron chi connectivity index (χ2n) is 9.57. The van der Waals surface area contributed by atoms with Crippen LogP contribution in [-0.2, 0) is 25.4 Å². The van der Waals surface area contributed by atoms with Crippen molar-refractivity contribution in [1.82, 2.24) is 15.5 Å². The fourth-order valence-electron chi connectivity index (χ4n) is 3.99. The molecule has 0 saturated carbocycles. The van der Waals surface area contributed by atoms with Crippen molar-refractivity contribution in [3.63, 3.8) is 0 Å². The number of amides is 4. The van der Waals surface area contributed by atoms with Gasteiger partial charge in [0.1, 0.15) is 11.6 Å². The highest BCUT2D eigenvalue weighted by Crippen LogP contribution is 2.28. The summed E-state index contributed by atoms with van der Waals surface area (Å²) in [5.74, 6) is -1.07. The van der Waals surface area contributed by atoms with Crippen LogP contribution in [0.3, 0.4) is 0 Å². The van der Waals surface area contributed by atoms with E-state index in [2.05, 4.69) is 10.6 Å². The number of rotatable bonds is 11. The Balaban J connectivity index is 1.32. The molecule has 10 heteroatoms. The Morgan fingerprint density at radius 2 is 1.77 bits per heavy atom. The number of alkyl carbamates (subject to hydrolysis) is 1. The summed E-state index contributed by atoms with van der Waals surface area (Å²) < 4.78 is 16.1. The Labute approximate surface area is 205 Å². The summed E-state index contributed by atoms with van der Waals surface area (Å²) in [6.07, 6.45) is 2.20. The number of carbonyl (C=O) groups excluding carboxylic acids is 4. The lowest BCUT2D eigenvalue weighted by Crippen LogP contribution is -2.52. The normalized spacial score (nSPS) is 17.9. The average molecular weight is 490 g/mol. The molecule has 2 N–H and O–H groups in total. The number of nitrogens with zero attached hydrogens (tertiary/aromatic N) is 1. The molecule has 10 nitrogen and oxygen atoms in total. The fourth-order valence-corrected chi connectivity index (χ4v) is 3.99. The zero-order chi connectivity index (χ0) is 25.4. The van der Waals surface area contributed by atoms with Gasteiger partial charge in [-0.1, -0.05) is 6.07 Å². The lowest BCUT2D eigenvalue weighted by atomic mass is 10.0. The highest BCUT2D eigenvalue weighted by Gasteiger charge is 2.43. The fraction of sp³-hybridized carbons (Fsp3) is 0.600. The lowest BCUT2D eigenvalue weighted by Gasteiger charge is -2.28. The molecule has 1 aromatic rings. The molecule has 1 fully saturated rings. The topological polar surface area (TPSA) is 123 Å². The van der Waals surface area contributed by atoms with Crippen molar-refractivity contribution in [2.24, 2.45) is 0 Å². The van der Waals surface area contributed by atoms with Gasteiger partial charge in [-0.3, -0.25) is 19.3 Å². The Morgan fingerprint density at radius 3 is 2.49 bits per heavy atom. The maximum Gasteiger partial charge on any atom is 0.407 e. The molecular weight excluding hydrogens is 454 g/mol. The molecule has 1 saturated heterocycles. The molecular formula is C25H35N3O7. The maximum atomic E-state index is 12.9. The largest absolute Gasteiger partial charge is 0.444 e. The van der Waals surface area contributed by atoms with Crippen LogP contribution >= 0.6 is 0 Å². The number of imide groups is 1. The summed E-state index contributed by atoms with van der Waals surface area (Å²) in [7, 11) is 0. The van der Waals surface area contributed by atoms with Gasteiger partial charge in [0.2, 0.25) is 5.91 Å². The number of nitrogens with one attached hydrogen (secondary N) is 2. The summed E-state index contributed by atoms with van der Waals surface area (Å²) in [4.78, 5) is 50.4. The third-order valence-corrected chi connectivity index (χ3v) is 5.59. The van der Waals surface area contributed by atoms with E-state index in [-0.39, 0.29) is 5.91 Å². The second-order valence-corrected chi connectivity index (χ2v) is 9.57. The van der Waals surface area contributed by atoms with E-state index in [1.54, 1.807) is 32.9 Å². The van der Waals surface area contributed by atoms with Crippen LogP contribution in [0, 0.1) is 0 Å². The van der Waals surface area contributed by atoms with Crippen molar-refractivity contribution in [3.8, 4) is 0 Å². The minimum atomic E-state index is -0.733. The number of piperidine rings is 1. The highest BCUT2D eigenvalue weighted by molar-refractivity contribution is 6.23. The molecule has 1 atom stereocenters.